The first-order valence-electron chi connectivity index (χ1n) is 14.9. The molecule has 1 aliphatic heterocycles. The van der Waals surface area contributed by atoms with E-state index in [1.165, 1.54) is 16.9 Å². The van der Waals surface area contributed by atoms with Gasteiger partial charge in [-0.05, 0) is 67.7 Å². The van der Waals surface area contributed by atoms with E-state index in [4.69, 9.17) is 32.9 Å². The van der Waals surface area contributed by atoms with Crippen molar-refractivity contribution in [2.75, 3.05) is 6.61 Å². The minimum atomic E-state index is -0.654. The van der Waals surface area contributed by atoms with Crippen molar-refractivity contribution in [2.45, 2.75) is 53.1 Å². The van der Waals surface area contributed by atoms with Crippen molar-refractivity contribution >= 4 is 57.5 Å². The van der Waals surface area contributed by atoms with Crippen LogP contribution in [0.2, 0.25) is 10.0 Å². The zero-order valence-electron chi connectivity index (χ0n) is 25.7. The first kappa shape index (κ1) is 31.1. The smallest absolute Gasteiger partial charge is 0.338 e. The Morgan fingerprint density at radius 1 is 1.07 bits per heavy atom. The van der Waals surface area contributed by atoms with Gasteiger partial charge in [-0.2, -0.15) is 0 Å². The monoisotopic (exact) mass is 657 g/mol. The molecule has 0 bridgehead atoms. The Morgan fingerprint density at radius 3 is 2.49 bits per heavy atom. The standard InChI is InChI=1S/C36H33Cl2N3O3S/c1-6-44-35(43)32-21(4)39-36-41(33(32)24-13-11-23(12-14-24)20(2)3)34(42)31(45-36)18-28-22(5)40(30-10-8-7-9-27(28)30)19-25-15-16-26(37)17-29(25)38/h7-18,20,33H,6,19H2,1-5H3/b31-18-/t33-/m0/s1. The summed E-state index contributed by atoms with van der Waals surface area (Å²) in [6.45, 7) is 10.7. The first-order chi connectivity index (χ1) is 21.6. The SMILES string of the molecule is CCOC(=O)C1=C(C)N=c2s/c(=C\c3c(C)n(Cc4ccc(Cl)cc4Cl)c4ccccc34)c(=O)n2[C@H]1c1ccc(C(C)C)cc1. The lowest BCUT2D eigenvalue weighted by Crippen LogP contribution is -2.40. The number of thiazole rings is 1. The molecule has 6 rings (SSSR count). The third-order valence-corrected chi connectivity index (χ3v) is 9.90. The number of carbonyl (C=O) groups is 1. The number of hydrogen-bond donors (Lipinski definition) is 0. The maximum Gasteiger partial charge on any atom is 0.338 e. The lowest BCUT2D eigenvalue weighted by molar-refractivity contribution is -0.139. The van der Waals surface area contributed by atoms with Crippen molar-refractivity contribution in [1.82, 2.24) is 9.13 Å². The quantitative estimate of drug-likeness (QED) is 0.170. The van der Waals surface area contributed by atoms with Gasteiger partial charge in [0.1, 0.15) is 0 Å². The number of para-hydroxylation sites is 1. The fraction of sp³-hybridized carbons (Fsp3) is 0.250. The summed E-state index contributed by atoms with van der Waals surface area (Å²) in [5.74, 6) is -0.116. The van der Waals surface area contributed by atoms with E-state index in [1.807, 2.05) is 42.5 Å². The Balaban J connectivity index is 1.53. The molecule has 0 saturated carbocycles. The third kappa shape index (κ3) is 5.69. The van der Waals surface area contributed by atoms with Gasteiger partial charge in [0.15, 0.2) is 4.80 Å². The molecular weight excluding hydrogens is 625 g/mol. The van der Waals surface area contributed by atoms with Gasteiger partial charge in [0.05, 0.1) is 28.5 Å². The summed E-state index contributed by atoms with van der Waals surface area (Å²) in [6, 6.07) is 21.1. The molecule has 0 aliphatic carbocycles. The van der Waals surface area contributed by atoms with E-state index in [9.17, 15) is 9.59 Å². The highest BCUT2D eigenvalue weighted by molar-refractivity contribution is 7.07. The van der Waals surface area contributed by atoms with Crippen LogP contribution in [0, 0.1) is 6.92 Å². The second kappa shape index (κ2) is 12.5. The number of ether oxygens (including phenoxy) is 1. The Bertz CT molecular complexity index is 2170. The van der Waals surface area contributed by atoms with Crippen LogP contribution in [0.3, 0.4) is 0 Å². The Kier molecular flexibility index (Phi) is 8.61. The van der Waals surface area contributed by atoms with Gasteiger partial charge in [-0.3, -0.25) is 9.36 Å². The van der Waals surface area contributed by atoms with Crippen LogP contribution in [0.5, 0.6) is 0 Å². The number of fused-ring (bicyclic) bond motifs is 2. The summed E-state index contributed by atoms with van der Waals surface area (Å²) in [7, 11) is 0. The Labute approximate surface area is 275 Å². The number of carbonyl (C=O) groups excluding carboxylic acids is 1. The maximum absolute atomic E-state index is 14.3. The molecule has 0 fully saturated rings. The summed E-state index contributed by atoms with van der Waals surface area (Å²) in [5.41, 5.74) is 6.64. The number of rotatable bonds is 7. The predicted octanol–water partition coefficient (Wildman–Crippen LogP) is 7.54. The summed E-state index contributed by atoms with van der Waals surface area (Å²) < 4.78 is 9.84. The van der Waals surface area contributed by atoms with Crippen LogP contribution >= 0.6 is 34.5 Å². The Morgan fingerprint density at radius 2 is 1.80 bits per heavy atom. The van der Waals surface area contributed by atoms with E-state index >= 15 is 0 Å². The molecule has 5 aromatic rings. The first-order valence-corrected chi connectivity index (χ1v) is 16.5. The van der Waals surface area contributed by atoms with Crippen LogP contribution in [0.15, 0.2) is 87.8 Å². The molecule has 1 aliphatic rings. The van der Waals surface area contributed by atoms with Crippen molar-refractivity contribution in [3.63, 3.8) is 0 Å². The fourth-order valence-corrected chi connectivity index (χ4v) is 7.46. The van der Waals surface area contributed by atoms with Crippen LogP contribution in [-0.2, 0) is 16.1 Å². The van der Waals surface area contributed by atoms with Crippen molar-refractivity contribution in [3.8, 4) is 0 Å². The zero-order valence-corrected chi connectivity index (χ0v) is 28.1. The van der Waals surface area contributed by atoms with Gasteiger partial charge < -0.3 is 9.30 Å². The normalized spacial score (nSPS) is 15.1. The lowest BCUT2D eigenvalue weighted by atomic mass is 9.93. The van der Waals surface area contributed by atoms with E-state index in [1.54, 1.807) is 24.5 Å². The Hall–Kier alpha value is -3.91. The average Bonchev–Trinajstić information content (AvgIpc) is 3.46. The van der Waals surface area contributed by atoms with Crippen LogP contribution < -0.4 is 14.9 Å². The van der Waals surface area contributed by atoms with E-state index in [0.29, 0.717) is 43.1 Å². The molecule has 0 spiro atoms. The molecule has 230 valence electrons. The predicted molar refractivity (Wildman–Crippen MR) is 183 cm³/mol. The highest BCUT2D eigenvalue weighted by Crippen LogP contribution is 2.32. The molecule has 0 N–H and O–H groups in total. The summed E-state index contributed by atoms with van der Waals surface area (Å²) in [5, 5.41) is 2.21. The second-order valence-electron chi connectivity index (χ2n) is 11.5. The molecule has 0 unspecified atom stereocenters. The lowest BCUT2D eigenvalue weighted by Gasteiger charge is -2.25. The molecule has 6 nitrogen and oxygen atoms in total. The minimum absolute atomic E-state index is 0.206. The minimum Gasteiger partial charge on any atom is -0.463 e. The average molecular weight is 659 g/mol. The van der Waals surface area contributed by atoms with E-state index in [0.717, 1.165) is 33.3 Å². The molecule has 9 heteroatoms. The van der Waals surface area contributed by atoms with Crippen molar-refractivity contribution in [1.29, 1.82) is 0 Å². The van der Waals surface area contributed by atoms with Crippen LogP contribution in [0.1, 0.15) is 67.6 Å². The van der Waals surface area contributed by atoms with E-state index in [-0.39, 0.29) is 12.2 Å². The van der Waals surface area contributed by atoms with Crippen molar-refractivity contribution < 1.29 is 9.53 Å². The largest absolute Gasteiger partial charge is 0.463 e. The zero-order chi connectivity index (χ0) is 32.0. The van der Waals surface area contributed by atoms with E-state index in [2.05, 4.69) is 49.6 Å². The molecule has 45 heavy (non-hydrogen) atoms. The number of esters is 1. The van der Waals surface area contributed by atoms with Gasteiger partial charge in [-0.25, -0.2) is 9.79 Å². The molecule has 0 radical (unpaired) electrons. The molecule has 3 aromatic carbocycles. The topological polar surface area (TPSA) is 65.6 Å². The van der Waals surface area contributed by atoms with Crippen LogP contribution in [0.25, 0.3) is 17.0 Å². The summed E-state index contributed by atoms with van der Waals surface area (Å²) in [6.07, 6.45) is 1.95. The van der Waals surface area contributed by atoms with Crippen molar-refractivity contribution in [3.05, 3.63) is 136 Å². The van der Waals surface area contributed by atoms with Gasteiger partial charge in [0.25, 0.3) is 5.56 Å². The number of benzene rings is 3. The van der Waals surface area contributed by atoms with Gasteiger partial charge in [-0.15, -0.1) is 0 Å². The third-order valence-electron chi connectivity index (χ3n) is 8.33. The number of aromatic nitrogens is 2. The molecular formula is C36H33Cl2N3O3S. The molecule has 1 atom stereocenters. The summed E-state index contributed by atoms with van der Waals surface area (Å²) >= 11 is 14.0. The van der Waals surface area contributed by atoms with E-state index < -0.39 is 12.0 Å². The summed E-state index contributed by atoms with van der Waals surface area (Å²) in [4.78, 5) is 32.9. The molecule has 3 heterocycles. The number of allylic oxidation sites excluding steroid dienone is 1. The highest BCUT2D eigenvalue weighted by Gasteiger charge is 2.33. The molecule has 0 amide bonds. The highest BCUT2D eigenvalue weighted by atomic mass is 35.5. The van der Waals surface area contributed by atoms with Crippen LogP contribution in [0.4, 0.5) is 0 Å². The van der Waals surface area contributed by atoms with Gasteiger partial charge in [0.2, 0.25) is 0 Å². The van der Waals surface area contributed by atoms with Gasteiger partial charge in [0, 0.05) is 38.8 Å². The number of halogens is 2. The molecule has 0 saturated heterocycles. The maximum atomic E-state index is 14.3. The van der Waals surface area contributed by atoms with Gasteiger partial charge in [-0.1, -0.05) is 96.9 Å². The van der Waals surface area contributed by atoms with Gasteiger partial charge >= 0.3 is 5.97 Å². The second-order valence-corrected chi connectivity index (χ2v) is 13.3. The van der Waals surface area contributed by atoms with Crippen LogP contribution in [-0.4, -0.2) is 21.7 Å². The van der Waals surface area contributed by atoms with Crippen molar-refractivity contribution in [2.24, 2.45) is 4.99 Å². The fourth-order valence-electron chi connectivity index (χ4n) is 5.97. The number of hydrogen-bond acceptors (Lipinski definition) is 5. The number of nitrogens with zero attached hydrogens (tertiary/aromatic N) is 3. The molecule has 2 aromatic heterocycles.